The Labute approximate surface area is 101 Å². The highest BCUT2D eigenvalue weighted by Crippen LogP contribution is 2.50. The van der Waals surface area contributed by atoms with Crippen LogP contribution in [0.5, 0.6) is 5.75 Å². The van der Waals surface area contributed by atoms with Crippen LogP contribution in [-0.2, 0) is 0 Å². The van der Waals surface area contributed by atoms with E-state index in [0.717, 1.165) is 24.3 Å². The van der Waals surface area contributed by atoms with Crippen LogP contribution in [0.4, 0.5) is 11.4 Å². The van der Waals surface area contributed by atoms with Gasteiger partial charge >= 0.3 is 0 Å². The molecule has 4 heteroatoms. The molecule has 4 nitrogen and oxygen atoms in total. The number of anilines is 2. The monoisotopic (exact) mass is 234 g/mol. The molecule has 3 atom stereocenters. The Kier molecular flexibility index (Phi) is 1.94. The van der Waals surface area contributed by atoms with Gasteiger partial charge in [-0.05, 0) is 44.9 Å². The largest absolute Gasteiger partial charge is 0.483 e. The van der Waals surface area contributed by atoms with E-state index < -0.39 is 11.6 Å². The standard InChI is InChI=1S/C13H18N2O2/c1-12-6-5-11(16)13(12,2)15-9-7-8(14)3-4-10(9)17-12/h3-4,7,11,15-16H,5-6,14H2,1-2H3. The summed E-state index contributed by atoms with van der Waals surface area (Å²) in [6.45, 7) is 4.06. The quantitative estimate of drug-likeness (QED) is 0.598. The lowest BCUT2D eigenvalue weighted by atomic mass is 9.82. The maximum atomic E-state index is 10.2. The Hall–Kier alpha value is -1.42. The Morgan fingerprint density at radius 2 is 2.24 bits per heavy atom. The molecule has 0 radical (unpaired) electrons. The molecule has 4 N–H and O–H groups in total. The second-order valence-corrected chi connectivity index (χ2v) is 5.47. The number of aliphatic hydroxyl groups is 1. The van der Waals surface area contributed by atoms with E-state index in [1.54, 1.807) is 0 Å². The van der Waals surface area contributed by atoms with Crippen LogP contribution in [0.3, 0.4) is 0 Å². The third-order valence-corrected chi connectivity index (χ3v) is 4.39. The van der Waals surface area contributed by atoms with Gasteiger partial charge in [-0.15, -0.1) is 0 Å². The number of fused-ring (bicyclic) bond motifs is 2. The van der Waals surface area contributed by atoms with Gasteiger partial charge in [-0.1, -0.05) is 0 Å². The molecule has 1 aromatic carbocycles. The van der Waals surface area contributed by atoms with Gasteiger partial charge < -0.3 is 20.9 Å². The molecule has 2 aliphatic rings. The fraction of sp³-hybridized carbons (Fsp3) is 0.538. The molecule has 3 unspecified atom stereocenters. The molecule has 0 bridgehead atoms. The maximum absolute atomic E-state index is 10.2. The molecule has 1 fully saturated rings. The first-order valence-electron chi connectivity index (χ1n) is 5.99. The van der Waals surface area contributed by atoms with E-state index in [0.29, 0.717) is 5.69 Å². The molecule has 1 saturated carbocycles. The number of rotatable bonds is 0. The van der Waals surface area contributed by atoms with Gasteiger partial charge in [0.1, 0.15) is 16.9 Å². The summed E-state index contributed by atoms with van der Waals surface area (Å²) in [5, 5.41) is 13.6. The highest BCUT2D eigenvalue weighted by atomic mass is 16.5. The maximum Gasteiger partial charge on any atom is 0.143 e. The predicted octanol–water partition coefficient (Wildman–Crippen LogP) is 1.75. The van der Waals surface area contributed by atoms with Crippen molar-refractivity contribution in [2.45, 2.75) is 43.9 Å². The lowest BCUT2D eigenvalue weighted by molar-refractivity contribution is -0.0000907. The van der Waals surface area contributed by atoms with Crippen molar-refractivity contribution < 1.29 is 9.84 Å². The van der Waals surface area contributed by atoms with Gasteiger partial charge in [-0.25, -0.2) is 0 Å². The van der Waals surface area contributed by atoms with Crippen LogP contribution in [-0.4, -0.2) is 22.4 Å². The van der Waals surface area contributed by atoms with E-state index in [1.807, 2.05) is 25.1 Å². The summed E-state index contributed by atoms with van der Waals surface area (Å²) in [6, 6.07) is 5.57. The van der Waals surface area contributed by atoms with Crippen molar-refractivity contribution in [3.63, 3.8) is 0 Å². The van der Waals surface area contributed by atoms with E-state index >= 15 is 0 Å². The van der Waals surface area contributed by atoms with Crippen LogP contribution >= 0.6 is 0 Å². The van der Waals surface area contributed by atoms with Gasteiger partial charge in [-0.3, -0.25) is 0 Å². The third-order valence-electron chi connectivity index (χ3n) is 4.39. The number of nitrogens with one attached hydrogen (secondary N) is 1. The molecule has 1 aliphatic carbocycles. The molecule has 1 heterocycles. The average Bonchev–Trinajstić information content (AvgIpc) is 2.49. The molecule has 17 heavy (non-hydrogen) atoms. The normalized spacial score (nSPS) is 38.9. The van der Waals surface area contributed by atoms with Gasteiger partial charge in [0.25, 0.3) is 0 Å². The van der Waals surface area contributed by atoms with E-state index in [1.165, 1.54) is 0 Å². The van der Waals surface area contributed by atoms with Crippen LogP contribution < -0.4 is 15.8 Å². The number of ether oxygens (including phenoxy) is 1. The molecular weight excluding hydrogens is 216 g/mol. The summed E-state index contributed by atoms with van der Waals surface area (Å²) in [5.41, 5.74) is 6.52. The predicted molar refractivity (Wildman–Crippen MR) is 67.2 cm³/mol. The minimum absolute atomic E-state index is 0.366. The summed E-state index contributed by atoms with van der Waals surface area (Å²) in [6.07, 6.45) is 1.20. The molecular formula is C13H18N2O2. The summed E-state index contributed by atoms with van der Waals surface area (Å²) < 4.78 is 6.09. The molecule has 3 rings (SSSR count). The van der Waals surface area contributed by atoms with Gasteiger partial charge in [0, 0.05) is 5.69 Å². The van der Waals surface area contributed by atoms with E-state index in [2.05, 4.69) is 12.2 Å². The van der Waals surface area contributed by atoms with Crippen LogP contribution in [0.25, 0.3) is 0 Å². The van der Waals surface area contributed by atoms with Gasteiger partial charge in [-0.2, -0.15) is 0 Å². The zero-order valence-electron chi connectivity index (χ0n) is 10.2. The number of benzene rings is 1. The molecule has 92 valence electrons. The molecule has 0 amide bonds. The van der Waals surface area contributed by atoms with Crippen molar-refractivity contribution in [2.75, 3.05) is 11.1 Å². The van der Waals surface area contributed by atoms with Crippen molar-refractivity contribution in [1.29, 1.82) is 0 Å². The lowest BCUT2D eigenvalue weighted by Crippen LogP contribution is -2.62. The zero-order chi connectivity index (χ0) is 12.3. The second kappa shape index (κ2) is 3.07. The summed E-state index contributed by atoms with van der Waals surface area (Å²) >= 11 is 0. The number of hydrogen-bond donors (Lipinski definition) is 3. The topological polar surface area (TPSA) is 67.5 Å². The Balaban J connectivity index is 2.10. The molecule has 0 saturated heterocycles. The van der Waals surface area contributed by atoms with Gasteiger partial charge in [0.05, 0.1) is 11.8 Å². The summed E-state index contributed by atoms with van der Waals surface area (Å²) in [7, 11) is 0. The first-order chi connectivity index (χ1) is 7.95. The first kappa shape index (κ1) is 10.7. The zero-order valence-corrected chi connectivity index (χ0v) is 10.2. The average molecular weight is 234 g/mol. The number of nitrogens with two attached hydrogens (primary N) is 1. The summed E-state index contributed by atoms with van der Waals surface area (Å²) in [4.78, 5) is 0. The van der Waals surface area contributed by atoms with Crippen molar-refractivity contribution in [2.24, 2.45) is 0 Å². The van der Waals surface area contributed by atoms with Crippen molar-refractivity contribution in [3.8, 4) is 5.75 Å². The van der Waals surface area contributed by atoms with Crippen molar-refractivity contribution in [3.05, 3.63) is 18.2 Å². The smallest absolute Gasteiger partial charge is 0.143 e. The van der Waals surface area contributed by atoms with E-state index in [4.69, 9.17) is 10.5 Å². The van der Waals surface area contributed by atoms with E-state index in [-0.39, 0.29) is 5.60 Å². The number of hydrogen-bond acceptors (Lipinski definition) is 4. The second-order valence-electron chi connectivity index (χ2n) is 5.47. The number of aliphatic hydroxyl groups excluding tert-OH is 1. The Morgan fingerprint density at radius 1 is 1.47 bits per heavy atom. The van der Waals surface area contributed by atoms with Crippen LogP contribution in [0, 0.1) is 0 Å². The highest BCUT2D eigenvalue weighted by Gasteiger charge is 2.58. The van der Waals surface area contributed by atoms with Gasteiger partial charge in [0.15, 0.2) is 0 Å². The van der Waals surface area contributed by atoms with Crippen LogP contribution in [0.1, 0.15) is 26.7 Å². The molecule has 0 aromatic heterocycles. The van der Waals surface area contributed by atoms with Crippen molar-refractivity contribution in [1.82, 2.24) is 0 Å². The van der Waals surface area contributed by atoms with Crippen molar-refractivity contribution >= 4 is 11.4 Å². The van der Waals surface area contributed by atoms with Crippen LogP contribution in [0.15, 0.2) is 18.2 Å². The highest BCUT2D eigenvalue weighted by molar-refractivity contribution is 5.67. The lowest BCUT2D eigenvalue weighted by Gasteiger charge is -2.48. The third kappa shape index (κ3) is 1.27. The molecule has 0 spiro atoms. The fourth-order valence-electron chi connectivity index (χ4n) is 2.94. The SMILES string of the molecule is CC12CCC(O)C1(C)Nc1cc(N)ccc1O2. The van der Waals surface area contributed by atoms with Gasteiger partial charge in [0.2, 0.25) is 0 Å². The number of nitrogen functional groups attached to an aromatic ring is 1. The van der Waals surface area contributed by atoms with Crippen LogP contribution in [0.2, 0.25) is 0 Å². The molecule has 1 aromatic rings. The Morgan fingerprint density at radius 3 is 3.00 bits per heavy atom. The minimum atomic E-state index is -0.451. The summed E-state index contributed by atoms with van der Waals surface area (Å²) in [5.74, 6) is 0.813. The fourth-order valence-corrected chi connectivity index (χ4v) is 2.94. The first-order valence-corrected chi connectivity index (χ1v) is 5.99. The molecule has 1 aliphatic heterocycles. The van der Waals surface area contributed by atoms with E-state index in [9.17, 15) is 5.11 Å². The Bertz CT molecular complexity index is 476. The minimum Gasteiger partial charge on any atom is -0.483 e.